The molecule has 2 aromatic rings. The van der Waals surface area contributed by atoms with E-state index in [9.17, 15) is 9.59 Å². The van der Waals surface area contributed by atoms with Crippen molar-refractivity contribution in [1.82, 2.24) is 19.6 Å². The molecule has 0 unspecified atom stereocenters. The van der Waals surface area contributed by atoms with Crippen LogP contribution in [0.4, 0.5) is 4.79 Å². The molecule has 1 saturated carbocycles. The first-order valence-electron chi connectivity index (χ1n) is 9.18. The first-order valence-corrected chi connectivity index (χ1v) is 9.18. The van der Waals surface area contributed by atoms with Crippen molar-refractivity contribution in [1.29, 1.82) is 0 Å². The third-order valence-corrected chi connectivity index (χ3v) is 5.42. The summed E-state index contributed by atoms with van der Waals surface area (Å²) in [6.45, 7) is 2.91. The normalized spacial score (nSPS) is 18.2. The van der Waals surface area contributed by atoms with E-state index in [0.717, 1.165) is 24.1 Å². The fourth-order valence-electron chi connectivity index (χ4n) is 3.94. The van der Waals surface area contributed by atoms with Gasteiger partial charge < -0.3 is 10.2 Å². The molecule has 0 saturated heterocycles. The summed E-state index contributed by atoms with van der Waals surface area (Å²) in [6.07, 6.45) is 8.13. The molecule has 4 rings (SSSR count). The van der Waals surface area contributed by atoms with Gasteiger partial charge in [0.25, 0.3) is 5.56 Å². The lowest BCUT2D eigenvalue weighted by molar-refractivity contribution is 0.184. The summed E-state index contributed by atoms with van der Waals surface area (Å²) in [6, 6.07) is 4.04. The third kappa shape index (κ3) is 3.01. The van der Waals surface area contributed by atoms with E-state index in [-0.39, 0.29) is 17.6 Å². The Labute approximate surface area is 146 Å². The predicted octanol–water partition coefficient (Wildman–Crippen LogP) is 2.40. The zero-order valence-corrected chi connectivity index (χ0v) is 14.6. The van der Waals surface area contributed by atoms with E-state index in [2.05, 4.69) is 5.32 Å². The number of nitrogens with one attached hydrogen (secondary N) is 1. The van der Waals surface area contributed by atoms with Crippen molar-refractivity contribution >= 4 is 11.7 Å². The van der Waals surface area contributed by atoms with Crippen LogP contribution in [0.2, 0.25) is 0 Å². The Bertz CT molecular complexity index is 868. The van der Waals surface area contributed by atoms with Crippen molar-refractivity contribution in [2.45, 2.75) is 58.0 Å². The summed E-state index contributed by atoms with van der Waals surface area (Å²) < 4.78 is 1.59. The van der Waals surface area contributed by atoms with Gasteiger partial charge in [0.15, 0.2) is 0 Å². The molecule has 1 aliphatic heterocycles. The van der Waals surface area contributed by atoms with Crippen LogP contribution in [-0.2, 0) is 13.0 Å². The molecule has 0 bridgehead atoms. The van der Waals surface area contributed by atoms with E-state index in [1.165, 1.54) is 19.3 Å². The van der Waals surface area contributed by atoms with Crippen molar-refractivity contribution in [3.63, 3.8) is 0 Å². The number of hydrogen-bond acceptors (Lipinski definition) is 3. The van der Waals surface area contributed by atoms with Gasteiger partial charge in [0, 0.05) is 25.2 Å². The van der Waals surface area contributed by atoms with E-state index in [0.29, 0.717) is 30.7 Å². The number of aromatic nitrogens is 2. The third-order valence-electron chi connectivity index (χ3n) is 5.42. The summed E-state index contributed by atoms with van der Waals surface area (Å²) in [5.41, 5.74) is 3.12. The topological polar surface area (TPSA) is 66.7 Å². The van der Waals surface area contributed by atoms with Gasteiger partial charge in [-0.25, -0.2) is 9.78 Å². The number of carbonyl (C=O) groups is 1. The largest absolute Gasteiger partial charge is 0.335 e. The van der Waals surface area contributed by atoms with Crippen LogP contribution in [0.5, 0.6) is 0 Å². The average molecular weight is 340 g/mol. The molecule has 2 amide bonds. The Morgan fingerprint density at radius 2 is 2.08 bits per heavy atom. The lowest BCUT2D eigenvalue weighted by Crippen LogP contribution is -2.48. The smallest absolute Gasteiger partial charge is 0.317 e. The number of rotatable bonds is 1. The van der Waals surface area contributed by atoms with E-state index in [1.807, 2.05) is 19.1 Å². The maximum Gasteiger partial charge on any atom is 0.317 e. The number of amides is 2. The minimum Gasteiger partial charge on any atom is -0.335 e. The summed E-state index contributed by atoms with van der Waals surface area (Å²) in [4.78, 5) is 31.9. The highest BCUT2D eigenvalue weighted by Gasteiger charge is 2.26. The van der Waals surface area contributed by atoms with E-state index in [1.54, 1.807) is 15.5 Å². The van der Waals surface area contributed by atoms with Gasteiger partial charge in [-0.15, -0.1) is 0 Å². The fourth-order valence-corrected chi connectivity index (χ4v) is 3.94. The summed E-state index contributed by atoms with van der Waals surface area (Å²) >= 11 is 0. The average Bonchev–Trinajstić information content (AvgIpc) is 2.63. The highest BCUT2D eigenvalue weighted by atomic mass is 16.2. The van der Waals surface area contributed by atoms with Crippen molar-refractivity contribution in [3.8, 4) is 0 Å². The molecule has 2 aromatic heterocycles. The van der Waals surface area contributed by atoms with E-state index in [4.69, 9.17) is 4.98 Å². The molecule has 0 radical (unpaired) electrons. The van der Waals surface area contributed by atoms with Crippen molar-refractivity contribution in [3.05, 3.63) is 45.5 Å². The molecule has 6 heteroatoms. The number of fused-ring (bicyclic) bond motifs is 2. The number of nitrogens with zero attached hydrogens (tertiary/aromatic N) is 3. The van der Waals surface area contributed by atoms with Gasteiger partial charge in [0.05, 0.1) is 17.8 Å². The van der Waals surface area contributed by atoms with Crippen LogP contribution >= 0.6 is 0 Å². The zero-order valence-electron chi connectivity index (χ0n) is 14.6. The number of hydrogen-bond donors (Lipinski definition) is 1. The van der Waals surface area contributed by atoms with Crippen LogP contribution < -0.4 is 10.9 Å². The Kier molecular flexibility index (Phi) is 4.19. The molecule has 6 nitrogen and oxygen atoms in total. The molecule has 0 spiro atoms. The van der Waals surface area contributed by atoms with E-state index < -0.39 is 0 Å². The van der Waals surface area contributed by atoms with Crippen LogP contribution in [-0.4, -0.2) is 32.9 Å². The van der Waals surface area contributed by atoms with Crippen molar-refractivity contribution in [2.24, 2.45) is 0 Å². The van der Waals surface area contributed by atoms with Crippen LogP contribution in [0, 0.1) is 6.92 Å². The van der Waals surface area contributed by atoms with Gasteiger partial charge in [-0.3, -0.25) is 9.20 Å². The zero-order chi connectivity index (χ0) is 17.4. The minimum absolute atomic E-state index is 0.0497. The fraction of sp³-hybridized carbons (Fsp3) is 0.526. The molecule has 132 valence electrons. The van der Waals surface area contributed by atoms with Crippen molar-refractivity contribution < 1.29 is 4.79 Å². The Morgan fingerprint density at radius 3 is 2.88 bits per heavy atom. The molecule has 1 aliphatic carbocycles. The Morgan fingerprint density at radius 1 is 1.28 bits per heavy atom. The number of carbonyl (C=O) groups excluding carboxylic acids is 1. The highest BCUT2D eigenvalue weighted by Crippen LogP contribution is 2.19. The highest BCUT2D eigenvalue weighted by molar-refractivity contribution is 5.75. The Balaban J connectivity index is 1.58. The summed E-state index contributed by atoms with van der Waals surface area (Å²) in [5, 5.41) is 3.14. The maximum atomic E-state index is 12.8. The lowest BCUT2D eigenvalue weighted by Gasteiger charge is -2.31. The van der Waals surface area contributed by atoms with E-state index >= 15 is 0 Å². The van der Waals surface area contributed by atoms with Gasteiger partial charge in [-0.05, 0) is 31.4 Å². The molecule has 25 heavy (non-hydrogen) atoms. The predicted molar refractivity (Wildman–Crippen MR) is 95.7 cm³/mol. The van der Waals surface area contributed by atoms with Crippen LogP contribution in [0.15, 0.2) is 23.1 Å². The SMILES string of the molecule is Cc1cccn2c(=O)c3c(nc12)CCN(C(=O)NC1CCCCC1)C3. The molecule has 0 atom stereocenters. The number of urea groups is 1. The molecule has 3 heterocycles. The van der Waals surface area contributed by atoms with Gasteiger partial charge in [0.2, 0.25) is 0 Å². The van der Waals surface area contributed by atoms with Gasteiger partial charge >= 0.3 is 6.03 Å². The second kappa shape index (κ2) is 6.50. The first-order chi connectivity index (χ1) is 12.1. The molecule has 0 aromatic carbocycles. The maximum absolute atomic E-state index is 12.8. The number of pyridine rings is 1. The van der Waals surface area contributed by atoms with Gasteiger partial charge in [-0.2, -0.15) is 0 Å². The lowest BCUT2D eigenvalue weighted by atomic mass is 9.96. The monoisotopic (exact) mass is 340 g/mol. The van der Waals surface area contributed by atoms with Crippen LogP contribution in [0.1, 0.15) is 48.9 Å². The number of aryl methyl sites for hydroxylation is 1. The molecule has 1 N–H and O–H groups in total. The van der Waals surface area contributed by atoms with Crippen molar-refractivity contribution in [2.75, 3.05) is 6.54 Å². The molecular weight excluding hydrogens is 316 g/mol. The quantitative estimate of drug-likeness (QED) is 0.867. The summed E-state index contributed by atoms with van der Waals surface area (Å²) in [5.74, 6) is 0. The summed E-state index contributed by atoms with van der Waals surface area (Å²) in [7, 11) is 0. The second-order valence-corrected chi connectivity index (χ2v) is 7.18. The molecule has 2 aliphatic rings. The molecule has 1 fully saturated rings. The van der Waals surface area contributed by atoms with Gasteiger partial charge in [0.1, 0.15) is 5.65 Å². The standard InChI is InChI=1S/C19H24N4O2/c1-13-6-5-10-23-17(13)21-16-9-11-22(12-15(16)18(23)24)19(25)20-14-7-3-2-4-8-14/h5-6,10,14H,2-4,7-9,11-12H2,1H3,(H,20,25). The second-order valence-electron chi connectivity index (χ2n) is 7.18. The first kappa shape index (κ1) is 16.1. The van der Waals surface area contributed by atoms with Crippen LogP contribution in [0.25, 0.3) is 5.65 Å². The minimum atomic E-state index is -0.0566. The van der Waals surface area contributed by atoms with Crippen LogP contribution in [0.3, 0.4) is 0 Å². The Hall–Kier alpha value is -2.37. The molecular formula is C19H24N4O2. The van der Waals surface area contributed by atoms with Gasteiger partial charge in [-0.1, -0.05) is 25.3 Å².